The highest BCUT2D eigenvalue weighted by Crippen LogP contribution is 2.25. The zero-order valence-electron chi connectivity index (χ0n) is 11.7. The Morgan fingerprint density at radius 1 is 1.10 bits per heavy atom. The maximum absolute atomic E-state index is 11.8. The van der Waals surface area contributed by atoms with Crippen LogP contribution in [0.25, 0.3) is 5.69 Å². The predicted octanol–water partition coefficient (Wildman–Crippen LogP) is 2.53. The van der Waals surface area contributed by atoms with Crippen LogP contribution in [0.1, 0.15) is 10.4 Å². The third-order valence-corrected chi connectivity index (χ3v) is 3.85. The minimum Gasteiger partial charge on any atom is -0.468 e. The maximum Gasteiger partial charge on any atom is 0.339 e. The van der Waals surface area contributed by atoms with Gasteiger partial charge in [0, 0.05) is 6.20 Å². The summed E-state index contributed by atoms with van der Waals surface area (Å²) >= 11 is 1.35. The molecule has 0 aliphatic carbocycles. The molecule has 0 atom stereocenters. The molecule has 0 aliphatic heterocycles. The molecule has 2 aromatic rings. The van der Waals surface area contributed by atoms with E-state index in [2.05, 4.69) is 4.74 Å². The summed E-state index contributed by atoms with van der Waals surface area (Å²) in [5, 5.41) is 0.844. The van der Waals surface area contributed by atoms with Crippen molar-refractivity contribution in [2.75, 3.05) is 20.0 Å². The summed E-state index contributed by atoms with van der Waals surface area (Å²) in [5.74, 6) is -0.488. The molecule has 21 heavy (non-hydrogen) atoms. The molecule has 0 bridgehead atoms. The summed E-state index contributed by atoms with van der Waals surface area (Å²) in [5.41, 5.74) is 1.18. The molecule has 0 saturated carbocycles. The Kier molecular flexibility index (Phi) is 5.05. The number of methoxy groups -OCH3 is 2. The first kappa shape index (κ1) is 15.2. The van der Waals surface area contributed by atoms with E-state index in [0.29, 0.717) is 11.3 Å². The Bertz CT molecular complexity index is 651. The maximum atomic E-state index is 11.8. The van der Waals surface area contributed by atoms with Gasteiger partial charge < -0.3 is 14.0 Å². The number of thioether (sulfide) groups is 1. The van der Waals surface area contributed by atoms with Crippen LogP contribution in [-0.4, -0.2) is 36.5 Å². The van der Waals surface area contributed by atoms with E-state index in [0.717, 1.165) is 5.03 Å². The van der Waals surface area contributed by atoms with Crippen LogP contribution < -0.4 is 0 Å². The number of benzene rings is 1. The van der Waals surface area contributed by atoms with E-state index in [9.17, 15) is 9.59 Å². The Balaban J connectivity index is 2.33. The van der Waals surface area contributed by atoms with Crippen LogP contribution in [0.15, 0.2) is 47.6 Å². The smallest absolute Gasteiger partial charge is 0.339 e. The van der Waals surface area contributed by atoms with E-state index in [4.69, 9.17) is 4.74 Å². The van der Waals surface area contributed by atoms with Gasteiger partial charge in [-0.1, -0.05) is 23.9 Å². The number of aromatic nitrogens is 1. The number of para-hydroxylation sites is 1. The highest BCUT2D eigenvalue weighted by molar-refractivity contribution is 7.99. The Hall–Kier alpha value is -2.21. The second-order valence-electron chi connectivity index (χ2n) is 4.09. The minimum atomic E-state index is -0.400. The molecule has 0 saturated heterocycles. The molecule has 110 valence electrons. The van der Waals surface area contributed by atoms with Crippen LogP contribution >= 0.6 is 11.8 Å². The molecular weight excluding hydrogens is 290 g/mol. The third-order valence-electron chi connectivity index (χ3n) is 2.85. The predicted molar refractivity (Wildman–Crippen MR) is 79.8 cm³/mol. The molecule has 5 nitrogen and oxygen atoms in total. The first-order valence-electron chi connectivity index (χ1n) is 6.22. The molecule has 0 fully saturated rings. The average Bonchev–Trinajstić information content (AvgIpc) is 3.00. The SMILES string of the molecule is COC(=O)CSc1cccn1-c1ccccc1C(=O)OC. The van der Waals surface area contributed by atoms with Gasteiger partial charge in [0.25, 0.3) is 0 Å². The van der Waals surface area contributed by atoms with Gasteiger partial charge in [-0.15, -0.1) is 0 Å². The molecule has 0 aliphatic rings. The fourth-order valence-corrected chi connectivity index (χ4v) is 2.70. The molecule has 0 radical (unpaired) electrons. The van der Waals surface area contributed by atoms with Gasteiger partial charge in [-0.3, -0.25) is 4.79 Å². The molecule has 1 aromatic carbocycles. The van der Waals surface area contributed by atoms with Crippen molar-refractivity contribution >= 4 is 23.7 Å². The number of hydrogen-bond acceptors (Lipinski definition) is 5. The van der Waals surface area contributed by atoms with E-state index in [-0.39, 0.29) is 11.7 Å². The van der Waals surface area contributed by atoms with Crippen LogP contribution in [0, 0.1) is 0 Å². The summed E-state index contributed by atoms with van der Waals surface area (Å²) in [7, 11) is 2.70. The van der Waals surface area contributed by atoms with Gasteiger partial charge >= 0.3 is 11.9 Å². The molecule has 0 spiro atoms. The minimum absolute atomic E-state index is 0.209. The van der Waals surface area contributed by atoms with Crippen molar-refractivity contribution in [3.8, 4) is 5.69 Å². The number of ether oxygens (including phenoxy) is 2. The molecule has 0 amide bonds. The largest absolute Gasteiger partial charge is 0.468 e. The number of rotatable bonds is 5. The van der Waals surface area contributed by atoms with Gasteiger partial charge in [-0.2, -0.15) is 0 Å². The van der Waals surface area contributed by atoms with Crippen molar-refractivity contribution in [3.05, 3.63) is 48.2 Å². The van der Waals surface area contributed by atoms with E-state index in [1.807, 2.05) is 35.0 Å². The Labute approximate surface area is 126 Å². The van der Waals surface area contributed by atoms with Crippen LogP contribution in [0.2, 0.25) is 0 Å². The van der Waals surface area contributed by atoms with Gasteiger partial charge in [-0.05, 0) is 24.3 Å². The lowest BCUT2D eigenvalue weighted by Crippen LogP contribution is -2.08. The molecule has 1 aromatic heterocycles. The van der Waals surface area contributed by atoms with Crippen molar-refractivity contribution in [2.24, 2.45) is 0 Å². The highest BCUT2D eigenvalue weighted by Gasteiger charge is 2.15. The average molecular weight is 305 g/mol. The van der Waals surface area contributed by atoms with Crippen LogP contribution in [0.4, 0.5) is 0 Å². The zero-order chi connectivity index (χ0) is 15.2. The topological polar surface area (TPSA) is 57.5 Å². The summed E-state index contributed by atoms with van der Waals surface area (Å²) in [4.78, 5) is 23.1. The number of nitrogens with zero attached hydrogens (tertiary/aromatic N) is 1. The number of carbonyl (C=O) groups excluding carboxylic acids is 2. The second kappa shape index (κ2) is 6.99. The first-order chi connectivity index (χ1) is 10.2. The first-order valence-corrected chi connectivity index (χ1v) is 7.20. The van der Waals surface area contributed by atoms with Gasteiger partial charge in [0.15, 0.2) is 0 Å². The summed E-state index contributed by atoms with van der Waals surface area (Å²) in [6.45, 7) is 0. The van der Waals surface area contributed by atoms with Crippen molar-refractivity contribution in [1.29, 1.82) is 0 Å². The van der Waals surface area contributed by atoms with Crippen molar-refractivity contribution < 1.29 is 19.1 Å². The van der Waals surface area contributed by atoms with E-state index < -0.39 is 5.97 Å². The third kappa shape index (κ3) is 3.46. The monoisotopic (exact) mass is 305 g/mol. The van der Waals surface area contributed by atoms with Gasteiger partial charge in [0.05, 0.1) is 36.2 Å². The van der Waals surface area contributed by atoms with Crippen LogP contribution in [0.3, 0.4) is 0 Å². The van der Waals surface area contributed by atoms with Gasteiger partial charge in [0.2, 0.25) is 0 Å². The molecule has 6 heteroatoms. The quantitative estimate of drug-likeness (QED) is 0.627. The van der Waals surface area contributed by atoms with Gasteiger partial charge in [-0.25, -0.2) is 4.79 Å². The van der Waals surface area contributed by atoms with Crippen LogP contribution in [0.5, 0.6) is 0 Å². The molecule has 1 heterocycles. The van der Waals surface area contributed by atoms with Crippen LogP contribution in [-0.2, 0) is 14.3 Å². The molecular formula is C15H15NO4S. The summed E-state index contributed by atoms with van der Waals surface area (Å²) in [6.07, 6.45) is 1.83. The zero-order valence-corrected chi connectivity index (χ0v) is 12.6. The molecule has 0 unspecified atom stereocenters. The lowest BCUT2D eigenvalue weighted by atomic mass is 10.2. The van der Waals surface area contributed by atoms with E-state index in [1.54, 1.807) is 12.1 Å². The fourth-order valence-electron chi connectivity index (χ4n) is 1.84. The van der Waals surface area contributed by atoms with Crippen molar-refractivity contribution in [3.63, 3.8) is 0 Å². The number of hydrogen-bond donors (Lipinski definition) is 0. The molecule has 2 rings (SSSR count). The van der Waals surface area contributed by atoms with Gasteiger partial charge in [0.1, 0.15) is 0 Å². The highest BCUT2D eigenvalue weighted by atomic mass is 32.2. The Morgan fingerprint density at radius 2 is 1.86 bits per heavy atom. The van der Waals surface area contributed by atoms with Crippen molar-refractivity contribution in [2.45, 2.75) is 5.03 Å². The number of esters is 2. The van der Waals surface area contributed by atoms with E-state index in [1.165, 1.54) is 26.0 Å². The Morgan fingerprint density at radius 3 is 2.57 bits per heavy atom. The summed E-state index contributed by atoms with van der Waals surface area (Å²) < 4.78 is 11.3. The second-order valence-corrected chi connectivity index (χ2v) is 5.09. The molecule has 0 N–H and O–H groups in total. The fraction of sp³-hybridized carbons (Fsp3) is 0.200. The lowest BCUT2D eigenvalue weighted by molar-refractivity contribution is -0.137. The normalized spacial score (nSPS) is 10.2. The van der Waals surface area contributed by atoms with Crippen molar-refractivity contribution in [1.82, 2.24) is 4.57 Å². The standard InChI is InChI=1S/C15H15NO4S/c1-19-14(17)10-21-13-8-5-9-16(13)12-7-4-3-6-11(12)15(18)20-2/h3-9H,10H2,1-2H3. The summed E-state index contributed by atoms with van der Waals surface area (Å²) in [6, 6.07) is 10.9. The van der Waals surface area contributed by atoms with E-state index >= 15 is 0 Å². The lowest BCUT2D eigenvalue weighted by Gasteiger charge is -2.12. The number of carbonyl (C=O) groups is 2.